The number of rotatable bonds is 6. The third-order valence-corrected chi connectivity index (χ3v) is 3.71. The van der Waals surface area contributed by atoms with E-state index in [1.54, 1.807) is 0 Å². The Balaban J connectivity index is 2.00. The van der Waals surface area contributed by atoms with Crippen LogP contribution in [0.1, 0.15) is 44.0 Å². The highest BCUT2D eigenvalue weighted by molar-refractivity contribution is 5.56. The molecule has 0 bridgehead atoms. The predicted octanol–water partition coefficient (Wildman–Crippen LogP) is 2.24. The molecule has 4 N–H and O–H groups in total. The number of hydrazine groups is 1. The second kappa shape index (κ2) is 6.00. The Labute approximate surface area is 109 Å². The molecule has 1 aromatic heterocycles. The molecule has 1 saturated carbocycles. The lowest BCUT2D eigenvalue weighted by Gasteiger charge is -2.25. The van der Waals surface area contributed by atoms with Crippen LogP contribution in [0.15, 0.2) is 0 Å². The highest BCUT2D eigenvalue weighted by atomic mass is 15.3. The van der Waals surface area contributed by atoms with Crippen LogP contribution in [-0.4, -0.2) is 16.5 Å². The van der Waals surface area contributed by atoms with Crippen molar-refractivity contribution in [2.24, 2.45) is 11.8 Å². The van der Waals surface area contributed by atoms with Gasteiger partial charge in [0.2, 0.25) is 0 Å². The fourth-order valence-electron chi connectivity index (χ4n) is 2.21. The van der Waals surface area contributed by atoms with E-state index in [4.69, 9.17) is 5.84 Å². The quantitative estimate of drug-likeness (QED) is 0.532. The first-order chi connectivity index (χ1) is 8.74. The molecule has 1 aliphatic rings. The summed E-state index contributed by atoms with van der Waals surface area (Å²) < 4.78 is 0. The highest BCUT2D eigenvalue weighted by Gasteiger charge is 2.17. The summed E-state index contributed by atoms with van der Waals surface area (Å²) in [5, 5.41) is 3.41. The third kappa shape index (κ3) is 2.90. The lowest BCUT2D eigenvalue weighted by atomic mass is 9.83. The van der Waals surface area contributed by atoms with Gasteiger partial charge in [-0.2, -0.15) is 0 Å². The Bertz CT molecular complexity index is 401. The van der Waals surface area contributed by atoms with Gasteiger partial charge in [-0.3, -0.25) is 0 Å². The van der Waals surface area contributed by atoms with E-state index in [0.717, 1.165) is 36.1 Å². The van der Waals surface area contributed by atoms with Crippen LogP contribution in [0, 0.1) is 12.8 Å². The zero-order valence-electron chi connectivity index (χ0n) is 11.3. The lowest BCUT2D eigenvalue weighted by Crippen LogP contribution is -2.18. The molecule has 2 rings (SSSR count). The van der Waals surface area contributed by atoms with E-state index >= 15 is 0 Å². The van der Waals surface area contributed by atoms with Crippen LogP contribution in [0.4, 0.5) is 11.6 Å². The van der Waals surface area contributed by atoms with Gasteiger partial charge in [0.1, 0.15) is 17.5 Å². The van der Waals surface area contributed by atoms with Gasteiger partial charge in [0.05, 0.1) is 0 Å². The van der Waals surface area contributed by atoms with Gasteiger partial charge in [0.25, 0.3) is 0 Å². The molecular weight excluding hydrogens is 226 g/mol. The van der Waals surface area contributed by atoms with E-state index in [0.29, 0.717) is 5.82 Å². The normalized spacial score (nSPS) is 15.3. The summed E-state index contributed by atoms with van der Waals surface area (Å²) in [7, 11) is 0. The highest BCUT2D eigenvalue weighted by Crippen LogP contribution is 2.29. The van der Waals surface area contributed by atoms with Gasteiger partial charge >= 0.3 is 0 Å². The van der Waals surface area contributed by atoms with Gasteiger partial charge in [0, 0.05) is 18.5 Å². The second-order valence-electron chi connectivity index (χ2n) is 4.97. The molecule has 1 fully saturated rings. The summed E-state index contributed by atoms with van der Waals surface area (Å²) in [5.74, 6) is 8.84. The molecule has 0 amide bonds. The van der Waals surface area contributed by atoms with E-state index in [2.05, 4.69) is 20.7 Å². The van der Waals surface area contributed by atoms with Gasteiger partial charge in [-0.15, -0.1) is 0 Å². The fraction of sp³-hybridized carbons (Fsp3) is 0.692. The summed E-state index contributed by atoms with van der Waals surface area (Å²) in [5.41, 5.74) is 3.63. The van der Waals surface area contributed by atoms with Gasteiger partial charge in [0.15, 0.2) is 0 Å². The van der Waals surface area contributed by atoms with Gasteiger partial charge in [-0.25, -0.2) is 15.8 Å². The van der Waals surface area contributed by atoms with Gasteiger partial charge < -0.3 is 10.7 Å². The van der Waals surface area contributed by atoms with Crippen LogP contribution in [-0.2, 0) is 6.42 Å². The van der Waals surface area contributed by atoms with Crippen LogP contribution in [0.25, 0.3) is 0 Å². The van der Waals surface area contributed by atoms with Crippen LogP contribution >= 0.6 is 0 Å². The van der Waals surface area contributed by atoms with Crippen molar-refractivity contribution in [1.29, 1.82) is 0 Å². The average Bonchev–Trinajstić information content (AvgIpc) is 2.34. The molecule has 0 atom stereocenters. The number of nitrogens with zero attached hydrogens (tertiary/aromatic N) is 2. The van der Waals surface area contributed by atoms with Crippen molar-refractivity contribution >= 4 is 11.6 Å². The fourth-order valence-corrected chi connectivity index (χ4v) is 2.21. The number of hydrogen-bond donors (Lipinski definition) is 3. The molecule has 0 unspecified atom stereocenters. The standard InChI is InChI=1S/C13H23N5/c1-3-11-16-12(9(2)13(17-11)18-14)15-8-7-10-5-4-6-10/h10H,3-8,14H2,1-2H3,(H2,15,16,17,18). The van der Waals surface area contributed by atoms with Crippen LogP contribution in [0.5, 0.6) is 0 Å². The van der Waals surface area contributed by atoms with E-state index < -0.39 is 0 Å². The second-order valence-corrected chi connectivity index (χ2v) is 4.97. The topological polar surface area (TPSA) is 75.9 Å². The minimum atomic E-state index is 0.716. The number of nitrogens with two attached hydrogens (primary N) is 1. The summed E-state index contributed by atoms with van der Waals surface area (Å²) in [6.07, 6.45) is 6.22. The average molecular weight is 249 g/mol. The molecular formula is C13H23N5. The van der Waals surface area contributed by atoms with E-state index in [-0.39, 0.29) is 0 Å². The van der Waals surface area contributed by atoms with E-state index in [9.17, 15) is 0 Å². The van der Waals surface area contributed by atoms with Crippen molar-refractivity contribution in [3.05, 3.63) is 11.4 Å². The summed E-state index contributed by atoms with van der Waals surface area (Å²) in [4.78, 5) is 8.88. The molecule has 0 spiro atoms. The third-order valence-electron chi connectivity index (χ3n) is 3.71. The van der Waals surface area contributed by atoms with Crippen molar-refractivity contribution in [3.8, 4) is 0 Å². The monoisotopic (exact) mass is 249 g/mol. The number of hydrogen-bond acceptors (Lipinski definition) is 5. The molecule has 0 aromatic carbocycles. The molecule has 5 heteroatoms. The first-order valence-electron chi connectivity index (χ1n) is 6.82. The number of anilines is 2. The molecule has 1 heterocycles. The largest absolute Gasteiger partial charge is 0.370 e. The number of nitrogen functional groups attached to an aromatic ring is 1. The molecule has 1 aliphatic carbocycles. The zero-order chi connectivity index (χ0) is 13.0. The smallest absolute Gasteiger partial charge is 0.148 e. The van der Waals surface area contributed by atoms with Crippen molar-refractivity contribution in [3.63, 3.8) is 0 Å². The molecule has 18 heavy (non-hydrogen) atoms. The predicted molar refractivity (Wildman–Crippen MR) is 74.4 cm³/mol. The first kappa shape index (κ1) is 13.1. The van der Waals surface area contributed by atoms with Crippen molar-refractivity contribution in [2.75, 3.05) is 17.3 Å². The maximum absolute atomic E-state index is 5.48. The minimum absolute atomic E-state index is 0.716. The maximum atomic E-state index is 5.48. The molecule has 1 aromatic rings. The maximum Gasteiger partial charge on any atom is 0.148 e. The Kier molecular flexibility index (Phi) is 4.36. The van der Waals surface area contributed by atoms with Crippen LogP contribution in [0.2, 0.25) is 0 Å². The first-order valence-corrected chi connectivity index (χ1v) is 6.82. The zero-order valence-corrected chi connectivity index (χ0v) is 11.3. The van der Waals surface area contributed by atoms with Crippen LogP contribution in [0.3, 0.4) is 0 Å². The SMILES string of the molecule is CCc1nc(NN)c(C)c(NCCC2CCC2)n1. The molecule has 0 saturated heterocycles. The van der Waals surface area contributed by atoms with Crippen molar-refractivity contribution < 1.29 is 0 Å². The van der Waals surface area contributed by atoms with Crippen molar-refractivity contribution in [2.45, 2.75) is 46.0 Å². The Morgan fingerprint density at radius 1 is 1.28 bits per heavy atom. The molecule has 0 aliphatic heterocycles. The van der Waals surface area contributed by atoms with Gasteiger partial charge in [-0.1, -0.05) is 26.2 Å². The van der Waals surface area contributed by atoms with E-state index in [1.807, 2.05) is 13.8 Å². The molecule has 100 valence electrons. The van der Waals surface area contributed by atoms with E-state index in [1.165, 1.54) is 25.7 Å². The Morgan fingerprint density at radius 2 is 2.00 bits per heavy atom. The van der Waals surface area contributed by atoms with Crippen LogP contribution < -0.4 is 16.6 Å². The number of aryl methyl sites for hydroxylation is 1. The lowest BCUT2D eigenvalue weighted by molar-refractivity contribution is 0.303. The van der Waals surface area contributed by atoms with Gasteiger partial charge in [-0.05, 0) is 19.3 Å². The summed E-state index contributed by atoms with van der Waals surface area (Å²) >= 11 is 0. The molecule has 5 nitrogen and oxygen atoms in total. The summed E-state index contributed by atoms with van der Waals surface area (Å²) in [6.45, 7) is 5.01. The van der Waals surface area contributed by atoms with Crippen molar-refractivity contribution in [1.82, 2.24) is 9.97 Å². The Morgan fingerprint density at radius 3 is 2.56 bits per heavy atom. The molecule has 0 radical (unpaired) electrons. The number of nitrogens with one attached hydrogen (secondary N) is 2. The number of aromatic nitrogens is 2. The summed E-state index contributed by atoms with van der Waals surface area (Å²) in [6, 6.07) is 0. The Hall–Kier alpha value is -1.36. The minimum Gasteiger partial charge on any atom is -0.370 e.